The number of benzene rings is 1. The van der Waals surface area contributed by atoms with E-state index in [9.17, 15) is 9.59 Å². The Morgan fingerprint density at radius 1 is 1.39 bits per heavy atom. The Kier molecular flexibility index (Phi) is 4.96. The molecular weight excluding hydrogens is 290 g/mol. The zero-order valence-corrected chi connectivity index (χ0v) is 13.6. The van der Waals surface area contributed by atoms with Crippen LogP contribution in [0.5, 0.6) is 0 Å². The molecule has 1 aromatic rings. The number of nitrogens with one attached hydrogen (secondary N) is 2. The van der Waals surface area contributed by atoms with Crippen LogP contribution in [0.2, 0.25) is 0 Å². The van der Waals surface area contributed by atoms with E-state index in [2.05, 4.69) is 10.6 Å². The van der Waals surface area contributed by atoms with E-state index < -0.39 is 0 Å². The molecule has 0 aromatic heterocycles. The first-order chi connectivity index (χ1) is 11.1. The minimum absolute atomic E-state index is 0.00908. The average Bonchev–Trinajstić information content (AvgIpc) is 3.22. The van der Waals surface area contributed by atoms with Gasteiger partial charge in [-0.2, -0.15) is 0 Å². The quantitative estimate of drug-likeness (QED) is 0.865. The standard InChI is InChI=1S/C18H25N3O2/c1-13(14-6-3-2-4-7-14)21-12-15(10-17(21)22)18(23)20-11-16-8-5-9-19-16/h2-4,6-7,13,15-16,19H,5,8-12H2,1H3,(H,20,23). The third kappa shape index (κ3) is 3.72. The molecule has 2 fully saturated rings. The third-order valence-corrected chi connectivity index (χ3v) is 4.96. The molecule has 0 bridgehead atoms. The van der Waals surface area contributed by atoms with E-state index in [0.717, 1.165) is 18.5 Å². The molecular formula is C18H25N3O2. The van der Waals surface area contributed by atoms with Gasteiger partial charge in [0.15, 0.2) is 0 Å². The lowest BCUT2D eigenvalue weighted by atomic mass is 10.1. The minimum atomic E-state index is -0.227. The Morgan fingerprint density at radius 3 is 2.87 bits per heavy atom. The van der Waals surface area contributed by atoms with Crippen LogP contribution in [0.3, 0.4) is 0 Å². The van der Waals surface area contributed by atoms with E-state index in [1.165, 1.54) is 6.42 Å². The van der Waals surface area contributed by atoms with Gasteiger partial charge in [-0.3, -0.25) is 9.59 Å². The number of nitrogens with zero attached hydrogens (tertiary/aromatic N) is 1. The van der Waals surface area contributed by atoms with E-state index >= 15 is 0 Å². The molecule has 1 aromatic carbocycles. The predicted molar refractivity (Wildman–Crippen MR) is 88.7 cm³/mol. The molecule has 124 valence electrons. The number of amides is 2. The Hall–Kier alpha value is -1.88. The fraction of sp³-hybridized carbons (Fsp3) is 0.556. The van der Waals surface area contributed by atoms with Crippen molar-refractivity contribution in [2.75, 3.05) is 19.6 Å². The van der Waals surface area contributed by atoms with Gasteiger partial charge in [-0.1, -0.05) is 30.3 Å². The maximum absolute atomic E-state index is 12.3. The summed E-state index contributed by atoms with van der Waals surface area (Å²) in [5.41, 5.74) is 1.11. The second kappa shape index (κ2) is 7.13. The maximum Gasteiger partial charge on any atom is 0.225 e. The van der Waals surface area contributed by atoms with E-state index in [1.54, 1.807) is 0 Å². The van der Waals surface area contributed by atoms with Crippen molar-refractivity contribution in [3.8, 4) is 0 Å². The summed E-state index contributed by atoms with van der Waals surface area (Å²) >= 11 is 0. The molecule has 2 N–H and O–H groups in total. The highest BCUT2D eigenvalue weighted by Crippen LogP contribution is 2.28. The molecule has 3 unspecified atom stereocenters. The molecule has 2 heterocycles. The lowest BCUT2D eigenvalue weighted by molar-refractivity contribution is -0.130. The van der Waals surface area contributed by atoms with E-state index in [4.69, 9.17) is 0 Å². The molecule has 5 heteroatoms. The van der Waals surface area contributed by atoms with Gasteiger partial charge >= 0.3 is 0 Å². The lowest BCUT2D eigenvalue weighted by Crippen LogP contribution is -2.40. The topological polar surface area (TPSA) is 61.4 Å². The molecule has 2 aliphatic rings. The molecule has 5 nitrogen and oxygen atoms in total. The summed E-state index contributed by atoms with van der Waals surface area (Å²) in [6.45, 7) is 4.23. The van der Waals surface area contributed by atoms with Gasteiger partial charge in [0.2, 0.25) is 11.8 Å². The molecule has 2 amide bonds. The zero-order chi connectivity index (χ0) is 16.2. The molecule has 23 heavy (non-hydrogen) atoms. The van der Waals surface area contributed by atoms with Crippen LogP contribution in [-0.4, -0.2) is 42.4 Å². The number of rotatable bonds is 5. The van der Waals surface area contributed by atoms with Gasteiger partial charge in [0.1, 0.15) is 0 Å². The van der Waals surface area contributed by atoms with Crippen molar-refractivity contribution in [1.82, 2.24) is 15.5 Å². The van der Waals surface area contributed by atoms with E-state index in [-0.39, 0.29) is 23.8 Å². The van der Waals surface area contributed by atoms with Crippen LogP contribution in [0.15, 0.2) is 30.3 Å². The smallest absolute Gasteiger partial charge is 0.225 e. The number of carbonyl (C=O) groups excluding carboxylic acids is 2. The summed E-state index contributed by atoms with van der Waals surface area (Å²) in [4.78, 5) is 26.5. The Morgan fingerprint density at radius 2 is 2.17 bits per heavy atom. The van der Waals surface area contributed by atoms with E-state index in [0.29, 0.717) is 25.6 Å². The number of likely N-dealkylation sites (tertiary alicyclic amines) is 1. The third-order valence-electron chi connectivity index (χ3n) is 4.96. The van der Waals surface area contributed by atoms with Gasteiger partial charge in [0, 0.05) is 25.6 Å². The zero-order valence-electron chi connectivity index (χ0n) is 13.6. The molecule has 2 saturated heterocycles. The van der Waals surface area contributed by atoms with Crippen LogP contribution in [0.4, 0.5) is 0 Å². The summed E-state index contributed by atoms with van der Waals surface area (Å²) < 4.78 is 0. The van der Waals surface area contributed by atoms with Gasteiger partial charge in [-0.25, -0.2) is 0 Å². The first kappa shape index (κ1) is 16.0. The second-order valence-corrected chi connectivity index (χ2v) is 6.57. The second-order valence-electron chi connectivity index (χ2n) is 6.57. The average molecular weight is 315 g/mol. The van der Waals surface area contributed by atoms with Crippen molar-refractivity contribution in [3.63, 3.8) is 0 Å². The molecule has 3 atom stereocenters. The SMILES string of the molecule is CC(c1ccccc1)N1CC(C(=O)NCC2CCCN2)CC1=O. The molecule has 3 rings (SSSR count). The molecule has 0 spiro atoms. The van der Waals surface area contributed by atoms with Crippen molar-refractivity contribution in [1.29, 1.82) is 0 Å². The molecule has 2 aliphatic heterocycles. The fourth-order valence-corrected chi connectivity index (χ4v) is 3.49. The Balaban J connectivity index is 1.55. The summed E-state index contributed by atoms with van der Waals surface area (Å²) in [7, 11) is 0. The van der Waals surface area contributed by atoms with Crippen molar-refractivity contribution in [2.24, 2.45) is 5.92 Å². The van der Waals surface area contributed by atoms with Gasteiger partial charge in [-0.05, 0) is 31.9 Å². The van der Waals surface area contributed by atoms with Crippen molar-refractivity contribution < 1.29 is 9.59 Å². The maximum atomic E-state index is 12.3. The van der Waals surface area contributed by atoms with Crippen molar-refractivity contribution in [3.05, 3.63) is 35.9 Å². The Labute approximate surface area is 137 Å². The highest BCUT2D eigenvalue weighted by molar-refractivity contribution is 5.89. The normalized spacial score (nSPS) is 25.6. The lowest BCUT2D eigenvalue weighted by Gasteiger charge is -2.25. The minimum Gasteiger partial charge on any atom is -0.354 e. The number of hydrogen-bond acceptors (Lipinski definition) is 3. The molecule has 0 radical (unpaired) electrons. The Bertz CT molecular complexity index is 555. The monoisotopic (exact) mass is 315 g/mol. The number of carbonyl (C=O) groups is 2. The van der Waals surface area contributed by atoms with Crippen LogP contribution >= 0.6 is 0 Å². The summed E-state index contributed by atoms with van der Waals surface area (Å²) in [5.74, 6) is -0.148. The van der Waals surface area contributed by atoms with Gasteiger partial charge in [0.25, 0.3) is 0 Å². The van der Waals surface area contributed by atoms with Crippen LogP contribution in [0, 0.1) is 5.92 Å². The fourth-order valence-electron chi connectivity index (χ4n) is 3.49. The molecule has 0 saturated carbocycles. The summed E-state index contributed by atoms with van der Waals surface area (Å²) in [6, 6.07) is 10.4. The van der Waals surface area contributed by atoms with Crippen molar-refractivity contribution in [2.45, 2.75) is 38.3 Å². The first-order valence-electron chi connectivity index (χ1n) is 8.50. The summed E-state index contributed by atoms with van der Waals surface area (Å²) in [6.07, 6.45) is 2.60. The number of hydrogen-bond donors (Lipinski definition) is 2. The van der Waals surface area contributed by atoms with E-state index in [1.807, 2.05) is 42.2 Å². The van der Waals surface area contributed by atoms with Crippen LogP contribution in [0.1, 0.15) is 37.8 Å². The van der Waals surface area contributed by atoms with Gasteiger partial charge in [-0.15, -0.1) is 0 Å². The highest BCUT2D eigenvalue weighted by Gasteiger charge is 2.37. The van der Waals surface area contributed by atoms with Crippen LogP contribution < -0.4 is 10.6 Å². The van der Waals surface area contributed by atoms with Crippen LogP contribution in [0.25, 0.3) is 0 Å². The van der Waals surface area contributed by atoms with Crippen molar-refractivity contribution >= 4 is 11.8 Å². The largest absolute Gasteiger partial charge is 0.354 e. The van der Waals surface area contributed by atoms with Crippen LogP contribution in [-0.2, 0) is 9.59 Å². The predicted octanol–water partition coefficient (Wildman–Crippen LogP) is 1.46. The van der Waals surface area contributed by atoms with Gasteiger partial charge in [0.05, 0.1) is 12.0 Å². The first-order valence-corrected chi connectivity index (χ1v) is 8.50. The molecule has 0 aliphatic carbocycles. The summed E-state index contributed by atoms with van der Waals surface area (Å²) in [5, 5.41) is 6.37. The highest BCUT2D eigenvalue weighted by atomic mass is 16.2. The van der Waals surface area contributed by atoms with Gasteiger partial charge < -0.3 is 15.5 Å².